The average Bonchev–Trinajstić information content (AvgIpc) is 1.84. The van der Waals surface area contributed by atoms with E-state index in [0.29, 0.717) is 0 Å². The van der Waals surface area contributed by atoms with Gasteiger partial charge in [-0.25, -0.2) is 0 Å². The molecule has 0 bridgehead atoms. The lowest BCUT2D eigenvalue weighted by Gasteiger charge is -2.20. The Bertz CT molecular complexity index is 60.5. The van der Waals surface area contributed by atoms with Crippen LogP contribution in [0.5, 0.6) is 0 Å². The number of quaternary nitrogens is 1. The third-order valence-electron chi connectivity index (χ3n) is 1.43. The largest absolute Gasteiger partial charge is 0.315 e. The van der Waals surface area contributed by atoms with E-state index in [0.717, 1.165) is 11.2 Å². The van der Waals surface area contributed by atoms with Crippen molar-refractivity contribution >= 4 is 0 Å². The number of likely N-dealkylation sites (N-methyl/N-ethyl adjacent to an activating group) is 1. The highest BCUT2D eigenvalue weighted by Crippen LogP contribution is 1.97. The Kier molecular flexibility index (Phi) is 1.05. The summed E-state index contributed by atoms with van der Waals surface area (Å²) < 4.78 is 1.14. The zero-order chi connectivity index (χ0) is 5.33. The van der Waals surface area contributed by atoms with Crippen molar-refractivity contribution in [1.82, 2.24) is 5.32 Å². The van der Waals surface area contributed by atoms with Gasteiger partial charge in [-0.1, -0.05) is 0 Å². The van der Waals surface area contributed by atoms with E-state index in [1.807, 2.05) is 0 Å². The van der Waals surface area contributed by atoms with Crippen LogP contribution in [-0.4, -0.2) is 38.3 Å². The summed E-state index contributed by atoms with van der Waals surface area (Å²) in [4.78, 5) is 0. The van der Waals surface area contributed by atoms with Gasteiger partial charge < -0.3 is 4.48 Å². The number of hydrogen-bond acceptors (Lipinski definition) is 1. The summed E-state index contributed by atoms with van der Waals surface area (Å²) in [5.74, 6) is 0. The number of nitrogens with one attached hydrogen (secondary N) is 1. The molecule has 2 heteroatoms. The Morgan fingerprint density at radius 3 is 2.29 bits per heavy atom. The van der Waals surface area contributed by atoms with E-state index in [1.165, 1.54) is 13.1 Å². The van der Waals surface area contributed by atoms with Crippen molar-refractivity contribution < 1.29 is 4.48 Å². The molecule has 7 heavy (non-hydrogen) atoms. The fraction of sp³-hybridized carbons (Fsp3) is 1.00. The lowest BCUT2D eigenvalue weighted by atomic mass is 10.6. The van der Waals surface area contributed by atoms with Crippen LogP contribution in [0.25, 0.3) is 0 Å². The lowest BCUT2D eigenvalue weighted by Crippen LogP contribution is -2.37. The number of rotatable bonds is 0. The minimum atomic E-state index is 1.14. The normalized spacial score (nSPS) is 28.3. The molecule has 1 saturated heterocycles. The van der Waals surface area contributed by atoms with Crippen molar-refractivity contribution in [3.8, 4) is 0 Å². The molecule has 1 aliphatic heterocycles. The third kappa shape index (κ3) is 1.14. The second-order valence-electron chi connectivity index (χ2n) is 2.82. The summed E-state index contributed by atoms with van der Waals surface area (Å²) in [7, 11) is 4.47. The maximum Gasteiger partial charge on any atom is 0.132 e. The van der Waals surface area contributed by atoms with Crippen LogP contribution in [0.15, 0.2) is 0 Å². The summed E-state index contributed by atoms with van der Waals surface area (Å²) in [6.45, 7) is 3.60. The van der Waals surface area contributed by atoms with Gasteiger partial charge in [0.05, 0.1) is 20.6 Å². The minimum Gasteiger partial charge on any atom is -0.315 e. The number of hydrogen-bond donors (Lipinski definition) is 1. The highest BCUT2D eigenvalue weighted by atomic mass is 15.4. The quantitative estimate of drug-likeness (QED) is 0.410. The molecule has 2 nitrogen and oxygen atoms in total. The summed E-state index contributed by atoms with van der Waals surface area (Å²) in [6, 6.07) is 0. The lowest BCUT2D eigenvalue weighted by molar-refractivity contribution is -0.878. The molecule has 1 fully saturated rings. The van der Waals surface area contributed by atoms with Gasteiger partial charge in [0.15, 0.2) is 0 Å². The standard InChI is InChI=1S/C5H13N2/c1-7(2)4-3-6-5-7/h6H,3-5H2,1-2H3/q+1. The maximum atomic E-state index is 3.28. The molecule has 0 aromatic rings. The van der Waals surface area contributed by atoms with Crippen LogP contribution in [0.3, 0.4) is 0 Å². The highest BCUT2D eigenvalue weighted by Gasteiger charge is 2.19. The van der Waals surface area contributed by atoms with Crippen molar-refractivity contribution in [3.05, 3.63) is 0 Å². The van der Waals surface area contributed by atoms with Gasteiger partial charge in [-0.2, -0.15) is 0 Å². The van der Waals surface area contributed by atoms with Gasteiger partial charge >= 0.3 is 0 Å². The molecule has 1 N–H and O–H groups in total. The van der Waals surface area contributed by atoms with E-state index >= 15 is 0 Å². The van der Waals surface area contributed by atoms with Gasteiger partial charge in [0.25, 0.3) is 0 Å². The minimum absolute atomic E-state index is 1.14. The predicted octanol–water partition coefficient (Wildman–Crippen LogP) is -0.377. The van der Waals surface area contributed by atoms with E-state index in [-0.39, 0.29) is 0 Å². The van der Waals surface area contributed by atoms with Gasteiger partial charge in [0.2, 0.25) is 0 Å². The van der Waals surface area contributed by atoms with Crippen LogP contribution in [0.1, 0.15) is 0 Å². The van der Waals surface area contributed by atoms with Crippen LogP contribution < -0.4 is 5.32 Å². The Hall–Kier alpha value is -0.0800. The van der Waals surface area contributed by atoms with E-state index < -0.39 is 0 Å². The highest BCUT2D eigenvalue weighted by molar-refractivity contribution is 4.46. The zero-order valence-corrected chi connectivity index (χ0v) is 5.07. The second kappa shape index (κ2) is 1.46. The number of nitrogens with zero attached hydrogens (tertiary/aromatic N) is 1. The molecule has 0 aliphatic carbocycles. The smallest absolute Gasteiger partial charge is 0.132 e. The predicted molar refractivity (Wildman–Crippen MR) is 29.8 cm³/mol. The molecular formula is C5H13N2+. The van der Waals surface area contributed by atoms with E-state index in [1.54, 1.807) is 0 Å². The first-order chi connectivity index (χ1) is 3.21. The van der Waals surface area contributed by atoms with Crippen molar-refractivity contribution in [1.29, 1.82) is 0 Å². The molecule has 1 heterocycles. The summed E-state index contributed by atoms with van der Waals surface area (Å²) in [5, 5.41) is 3.28. The fourth-order valence-electron chi connectivity index (χ4n) is 0.842. The Morgan fingerprint density at radius 2 is 2.14 bits per heavy atom. The molecule has 0 atom stereocenters. The Balaban J connectivity index is 2.40. The van der Waals surface area contributed by atoms with Crippen LogP contribution in [0.2, 0.25) is 0 Å². The zero-order valence-electron chi connectivity index (χ0n) is 5.07. The van der Waals surface area contributed by atoms with Gasteiger partial charge in [0.1, 0.15) is 6.67 Å². The molecule has 0 aromatic heterocycles. The average molecular weight is 101 g/mol. The topological polar surface area (TPSA) is 12.0 Å². The molecule has 0 aromatic carbocycles. The first kappa shape index (κ1) is 5.06. The van der Waals surface area contributed by atoms with Crippen molar-refractivity contribution in [2.24, 2.45) is 0 Å². The van der Waals surface area contributed by atoms with E-state index in [2.05, 4.69) is 19.4 Å². The molecular weight excluding hydrogens is 88.1 g/mol. The SMILES string of the molecule is C[N+]1(C)CCNC1. The van der Waals surface area contributed by atoms with Crippen molar-refractivity contribution in [2.45, 2.75) is 0 Å². The van der Waals surface area contributed by atoms with Crippen LogP contribution in [0, 0.1) is 0 Å². The molecule has 0 amide bonds. The first-order valence-corrected chi connectivity index (χ1v) is 2.73. The Morgan fingerprint density at radius 1 is 1.43 bits per heavy atom. The van der Waals surface area contributed by atoms with Gasteiger partial charge in [-0.3, -0.25) is 5.32 Å². The van der Waals surface area contributed by atoms with Crippen molar-refractivity contribution in [2.75, 3.05) is 33.9 Å². The molecule has 0 radical (unpaired) electrons. The monoisotopic (exact) mass is 101 g/mol. The van der Waals surface area contributed by atoms with Crippen LogP contribution in [-0.2, 0) is 0 Å². The van der Waals surface area contributed by atoms with E-state index in [9.17, 15) is 0 Å². The molecule has 1 rings (SSSR count). The van der Waals surface area contributed by atoms with Gasteiger partial charge in [0, 0.05) is 6.54 Å². The van der Waals surface area contributed by atoms with Gasteiger partial charge in [-0.05, 0) is 0 Å². The molecule has 0 unspecified atom stereocenters. The third-order valence-corrected chi connectivity index (χ3v) is 1.43. The fourth-order valence-corrected chi connectivity index (χ4v) is 0.842. The molecule has 0 spiro atoms. The summed E-state index contributed by atoms with van der Waals surface area (Å²) in [5.41, 5.74) is 0. The maximum absolute atomic E-state index is 3.28. The molecule has 42 valence electrons. The van der Waals surface area contributed by atoms with E-state index in [4.69, 9.17) is 0 Å². The van der Waals surface area contributed by atoms with Crippen LogP contribution >= 0.6 is 0 Å². The molecule has 1 aliphatic rings. The van der Waals surface area contributed by atoms with Crippen LogP contribution in [0.4, 0.5) is 0 Å². The molecule has 0 saturated carbocycles. The van der Waals surface area contributed by atoms with Crippen molar-refractivity contribution in [3.63, 3.8) is 0 Å². The summed E-state index contributed by atoms with van der Waals surface area (Å²) >= 11 is 0. The summed E-state index contributed by atoms with van der Waals surface area (Å²) in [6.07, 6.45) is 0. The van der Waals surface area contributed by atoms with Gasteiger partial charge in [-0.15, -0.1) is 0 Å². The second-order valence-corrected chi connectivity index (χ2v) is 2.82. The first-order valence-electron chi connectivity index (χ1n) is 2.73. The Labute approximate surface area is 44.7 Å².